The van der Waals surface area contributed by atoms with Crippen LogP contribution in [0.25, 0.3) is 10.9 Å². The Morgan fingerprint density at radius 3 is 2.62 bits per heavy atom. The van der Waals surface area contributed by atoms with Gasteiger partial charge in [0.05, 0.1) is 28.5 Å². The van der Waals surface area contributed by atoms with E-state index in [1.54, 1.807) is 53.5 Å². The van der Waals surface area contributed by atoms with Crippen LogP contribution in [-0.4, -0.2) is 28.9 Å². The fourth-order valence-corrected chi connectivity index (χ4v) is 5.12. The number of aromatic amines is 1. The second-order valence-corrected chi connectivity index (χ2v) is 8.81. The molecule has 9 heteroatoms. The first-order valence-corrected chi connectivity index (χ1v) is 10.6. The molecule has 0 unspecified atom stereocenters. The summed E-state index contributed by atoms with van der Waals surface area (Å²) in [7, 11) is -2.17. The van der Waals surface area contributed by atoms with E-state index in [9.17, 15) is 13.2 Å². The summed E-state index contributed by atoms with van der Waals surface area (Å²) in [5, 5.41) is 3.26. The Morgan fingerprint density at radius 1 is 1.17 bits per heavy atom. The van der Waals surface area contributed by atoms with Crippen LogP contribution in [0.2, 0.25) is 5.02 Å². The van der Waals surface area contributed by atoms with Gasteiger partial charge in [-0.1, -0.05) is 35.9 Å². The number of aryl methyl sites for hydroxylation is 1. The molecule has 0 radical (unpaired) electrons. The summed E-state index contributed by atoms with van der Waals surface area (Å²) >= 11 is 6.32. The number of H-pyrrole nitrogens is 1. The van der Waals surface area contributed by atoms with E-state index in [0.29, 0.717) is 16.6 Å². The van der Waals surface area contributed by atoms with Crippen molar-refractivity contribution < 1.29 is 13.2 Å². The van der Waals surface area contributed by atoms with E-state index >= 15 is 0 Å². The molecule has 2 heterocycles. The molecule has 0 aliphatic heterocycles. The maximum absolute atomic E-state index is 13.4. The number of nitrogens with one attached hydrogen (secondary N) is 2. The first kappa shape index (κ1) is 19.2. The Kier molecular flexibility index (Phi) is 4.89. The highest BCUT2D eigenvalue weighted by atomic mass is 35.5. The summed E-state index contributed by atoms with van der Waals surface area (Å²) in [5.74, 6) is -0.558. The summed E-state index contributed by atoms with van der Waals surface area (Å²) in [6, 6.07) is 12.9. The number of amides is 1. The molecule has 0 atom stereocenters. The van der Waals surface area contributed by atoms with E-state index in [4.69, 9.17) is 11.6 Å². The topological polar surface area (TPSA) is 96.8 Å². The second-order valence-electron chi connectivity index (χ2n) is 6.52. The number of sulfone groups is 1. The van der Waals surface area contributed by atoms with Gasteiger partial charge in [0.2, 0.25) is 9.84 Å². The van der Waals surface area contributed by atoms with Crippen LogP contribution in [0.15, 0.2) is 70.8 Å². The van der Waals surface area contributed by atoms with Crippen molar-refractivity contribution >= 4 is 38.2 Å². The van der Waals surface area contributed by atoms with Crippen LogP contribution < -0.4 is 5.32 Å². The molecule has 0 saturated heterocycles. The Labute approximate surface area is 172 Å². The number of rotatable bonds is 5. The lowest BCUT2D eigenvalue weighted by molar-refractivity contribution is 0.0943. The van der Waals surface area contributed by atoms with Crippen LogP contribution in [0.5, 0.6) is 0 Å². The highest BCUT2D eigenvalue weighted by molar-refractivity contribution is 7.91. The molecule has 2 aromatic carbocycles. The van der Waals surface area contributed by atoms with Crippen LogP contribution >= 0.6 is 11.6 Å². The Morgan fingerprint density at radius 2 is 1.93 bits per heavy atom. The zero-order valence-corrected chi connectivity index (χ0v) is 17.0. The normalized spacial score (nSPS) is 11.7. The largest absolute Gasteiger partial charge is 0.349 e. The summed E-state index contributed by atoms with van der Waals surface area (Å²) < 4.78 is 28.5. The minimum Gasteiger partial charge on any atom is -0.349 e. The minimum absolute atomic E-state index is 0.0621. The molecular weight excluding hydrogens is 412 g/mol. The fourth-order valence-electron chi connectivity index (χ4n) is 3.14. The van der Waals surface area contributed by atoms with E-state index in [2.05, 4.69) is 15.3 Å². The third-order valence-corrected chi connectivity index (χ3v) is 6.62. The van der Waals surface area contributed by atoms with Crippen molar-refractivity contribution in [2.75, 3.05) is 0 Å². The fraction of sp³-hybridized carbons (Fsp3) is 0.100. The number of benzene rings is 2. The number of carbonyl (C=O) groups is 1. The molecule has 148 valence electrons. The number of carbonyl (C=O) groups excluding carboxylic acids is 1. The average molecular weight is 429 g/mol. The van der Waals surface area contributed by atoms with Gasteiger partial charge in [-0.3, -0.25) is 4.79 Å². The molecule has 0 aliphatic carbocycles. The molecular formula is C20H17ClN4O3S. The molecule has 0 saturated carbocycles. The van der Waals surface area contributed by atoms with Gasteiger partial charge in [-0.05, 0) is 24.3 Å². The van der Waals surface area contributed by atoms with Gasteiger partial charge in [0, 0.05) is 24.1 Å². The average Bonchev–Trinajstić information content (AvgIpc) is 3.31. The molecule has 4 aromatic rings. The molecule has 2 aromatic heterocycles. The maximum Gasteiger partial charge on any atom is 0.269 e. The van der Waals surface area contributed by atoms with Gasteiger partial charge in [-0.15, -0.1) is 0 Å². The van der Waals surface area contributed by atoms with E-state index in [1.807, 2.05) is 7.05 Å². The number of imidazole rings is 1. The first-order valence-electron chi connectivity index (χ1n) is 8.73. The van der Waals surface area contributed by atoms with Crippen LogP contribution in [0.4, 0.5) is 0 Å². The van der Waals surface area contributed by atoms with Gasteiger partial charge in [0.25, 0.3) is 5.91 Å². The van der Waals surface area contributed by atoms with E-state index < -0.39 is 15.7 Å². The Balaban J connectivity index is 1.83. The molecule has 29 heavy (non-hydrogen) atoms. The number of halogens is 1. The van der Waals surface area contributed by atoms with Crippen LogP contribution in [0.3, 0.4) is 0 Å². The third-order valence-electron chi connectivity index (χ3n) is 4.47. The summed E-state index contributed by atoms with van der Waals surface area (Å²) in [4.78, 5) is 19.9. The number of hydrogen-bond acceptors (Lipinski definition) is 4. The lowest BCUT2D eigenvalue weighted by Gasteiger charge is -2.08. The van der Waals surface area contributed by atoms with Gasteiger partial charge in [-0.25, -0.2) is 13.4 Å². The molecule has 0 fully saturated rings. The van der Waals surface area contributed by atoms with E-state index in [1.165, 1.54) is 12.1 Å². The van der Waals surface area contributed by atoms with Crippen molar-refractivity contribution in [3.05, 3.63) is 77.5 Å². The quantitative estimate of drug-likeness (QED) is 0.509. The van der Waals surface area contributed by atoms with Crippen LogP contribution in [-0.2, 0) is 23.4 Å². The van der Waals surface area contributed by atoms with Gasteiger partial charge < -0.3 is 14.9 Å². The van der Waals surface area contributed by atoms with Crippen molar-refractivity contribution in [3.8, 4) is 0 Å². The molecule has 4 rings (SSSR count). The number of hydrogen-bond donors (Lipinski definition) is 2. The Hall–Kier alpha value is -3.10. The van der Waals surface area contributed by atoms with Gasteiger partial charge >= 0.3 is 0 Å². The van der Waals surface area contributed by atoms with Crippen molar-refractivity contribution in [1.82, 2.24) is 19.9 Å². The zero-order valence-electron chi connectivity index (χ0n) is 15.4. The van der Waals surface area contributed by atoms with Crippen molar-refractivity contribution in [2.24, 2.45) is 7.05 Å². The summed E-state index contributed by atoms with van der Waals surface area (Å²) in [6.45, 7) is 0.160. The van der Waals surface area contributed by atoms with Crippen LogP contribution in [0.1, 0.15) is 16.2 Å². The monoisotopic (exact) mass is 428 g/mol. The second kappa shape index (κ2) is 7.38. The van der Waals surface area contributed by atoms with Gasteiger partial charge in [-0.2, -0.15) is 0 Å². The number of nitrogens with zero attached hydrogens (tertiary/aromatic N) is 2. The van der Waals surface area contributed by atoms with E-state index in [0.717, 1.165) is 0 Å². The van der Waals surface area contributed by atoms with Gasteiger partial charge in [0.15, 0.2) is 0 Å². The smallest absolute Gasteiger partial charge is 0.269 e. The molecule has 0 aliphatic rings. The number of fused-ring (bicyclic) bond motifs is 1. The maximum atomic E-state index is 13.4. The summed E-state index contributed by atoms with van der Waals surface area (Å²) in [6.07, 6.45) is 3.39. The lowest BCUT2D eigenvalue weighted by Crippen LogP contribution is -2.25. The predicted octanol–water partition coefficient (Wildman–Crippen LogP) is 3.32. The van der Waals surface area contributed by atoms with Crippen LogP contribution in [0, 0.1) is 0 Å². The molecule has 1 amide bonds. The number of aromatic nitrogens is 3. The highest BCUT2D eigenvalue weighted by Crippen LogP contribution is 2.36. The SMILES string of the molecule is Cn1cnc(CNC(=O)c2[nH]c3cccc(Cl)c3c2S(=O)(=O)c2ccccc2)c1. The summed E-state index contributed by atoms with van der Waals surface area (Å²) in [5.41, 5.74) is 1.06. The standard InChI is InChI=1S/C20H17ClN4O3S/c1-25-11-13(23-12-25)10-22-20(26)18-19(17-15(21)8-5-9-16(17)24-18)29(27,28)14-6-3-2-4-7-14/h2-9,11-12,24H,10H2,1H3,(H,22,26). The van der Waals surface area contributed by atoms with Crippen molar-refractivity contribution in [3.63, 3.8) is 0 Å². The third kappa shape index (κ3) is 3.52. The van der Waals surface area contributed by atoms with Crippen molar-refractivity contribution in [2.45, 2.75) is 16.3 Å². The predicted molar refractivity (Wildman–Crippen MR) is 110 cm³/mol. The van der Waals surface area contributed by atoms with Gasteiger partial charge in [0.1, 0.15) is 10.6 Å². The Bertz CT molecular complexity index is 1310. The molecule has 0 spiro atoms. The molecule has 7 nitrogen and oxygen atoms in total. The lowest BCUT2D eigenvalue weighted by atomic mass is 10.2. The van der Waals surface area contributed by atoms with Crippen molar-refractivity contribution in [1.29, 1.82) is 0 Å². The zero-order chi connectivity index (χ0) is 20.6. The highest BCUT2D eigenvalue weighted by Gasteiger charge is 2.30. The first-order chi connectivity index (χ1) is 13.9. The molecule has 2 N–H and O–H groups in total. The molecule has 0 bridgehead atoms. The van der Waals surface area contributed by atoms with E-state index in [-0.39, 0.29) is 27.1 Å². The minimum atomic E-state index is -4.00.